The van der Waals surface area contributed by atoms with Crippen LogP contribution in [0, 0.1) is 9.49 Å². The van der Waals surface area contributed by atoms with Crippen LogP contribution in [0.1, 0.15) is 46.7 Å². The Labute approximate surface area is 112 Å². The second-order valence-electron chi connectivity index (χ2n) is 5.70. The number of nitrogens with two attached hydrogens (primary N) is 1. The summed E-state index contributed by atoms with van der Waals surface area (Å²) in [7, 11) is 0. The third kappa shape index (κ3) is 3.12. The zero-order valence-electron chi connectivity index (χ0n) is 10.8. The largest absolute Gasteiger partial charge is 0.383 e. The number of rotatable bonds is 3. The highest BCUT2D eigenvalue weighted by molar-refractivity contribution is 14.1. The maximum Gasteiger partial charge on any atom is 0.135 e. The van der Waals surface area contributed by atoms with E-state index in [2.05, 4.69) is 62.3 Å². The number of hydrogen-bond donors (Lipinski definition) is 1. The van der Waals surface area contributed by atoms with Gasteiger partial charge in [-0.1, -0.05) is 34.6 Å². The van der Waals surface area contributed by atoms with Crippen molar-refractivity contribution in [2.24, 2.45) is 5.92 Å². The fourth-order valence-corrected chi connectivity index (χ4v) is 2.68. The van der Waals surface area contributed by atoms with Crippen LogP contribution in [0.3, 0.4) is 0 Å². The number of nitrogens with zero attached hydrogens (tertiary/aromatic N) is 2. The first kappa shape index (κ1) is 13.8. The van der Waals surface area contributed by atoms with E-state index in [4.69, 9.17) is 5.73 Å². The van der Waals surface area contributed by atoms with Gasteiger partial charge in [0.15, 0.2) is 0 Å². The Bertz CT molecular complexity index is 361. The summed E-state index contributed by atoms with van der Waals surface area (Å²) in [4.78, 5) is 0. The van der Waals surface area contributed by atoms with E-state index in [9.17, 15) is 0 Å². The van der Waals surface area contributed by atoms with E-state index in [0.717, 1.165) is 28.0 Å². The van der Waals surface area contributed by atoms with Crippen molar-refractivity contribution in [2.45, 2.75) is 53.0 Å². The van der Waals surface area contributed by atoms with Crippen molar-refractivity contribution in [1.29, 1.82) is 0 Å². The molecule has 0 aliphatic carbocycles. The normalized spacial score (nSPS) is 12.4. The van der Waals surface area contributed by atoms with Gasteiger partial charge < -0.3 is 5.73 Å². The molecular weight excluding hydrogens is 313 g/mol. The Kier molecular flexibility index (Phi) is 4.26. The third-order valence-corrected chi connectivity index (χ3v) is 3.62. The summed E-state index contributed by atoms with van der Waals surface area (Å²) in [5, 5.41) is 4.64. The molecule has 0 radical (unpaired) electrons. The Hall–Kier alpha value is -0.260. The fourth-order valence-electron chi connectivity index (χ4n) is 1.48. The predicted octanol–water partition coefficient (Wildman–Crippen LogP) is 3.41. The van der Waals surface area contributed by atoms with Gasteiger partial charge in [-0.2, -0.15) is 5.10 Å². The summed E-state index contributed by atoms with van der Waals surface area (Å²) in [5.41, 5.74) is 7.25. The Morgan fingerprint density at radius 3 is 2.31 bits per heavy atom. The van der Waals surface area contributed by atoms with E-state index in [0.29, 0.717) is 5.92 Å². The summed E-state index contributed by atoms with van der Waals surface area (Å²) in [6.45, 7) is 11.9. The van der Waals surface area contributed by atoms with Crippen LogP contribution in [-0.2, 0) is 12.0 Å². The van der Waals surface area contributed by atoms with E-state index in [1.807, 2.05) is 4.68 Å². The van der Waals surface area contributed by atoms with E-state index in [1.54, 1.807) is 0 Å². The molecule has 92 valence electrons. The van der Waals surface area contributed by atoms with Gasteiger partial charge in [0, 0.05) is 12.0 Å². The molecule has 0 saturated heterocycles. The first-order valence-corrected chi connectivity index (χ1v) is 6.83. The summed E-state index contributed by atoms with van der Waals surface area (Å²) in [5.74, 6) is 1.49. The highest BCUT2D eigenvalue weighted by atomic mass is 127. The molecule has 0 spiro atoms. The van der Waals surface area contributed by atoms with Crippen LogP contribution >= 0.6 is 22.6 Å². The van der Waals surface area contributed by atoms with Crippen LogP contribution in [-0.4, -0.2) is 9.78 Å². The van der Waals surface area contributed by atoms with Gasteiger partial charge in [-0.15, -0.1) is 0 Å². The molecule has 1 rings (SSSR count). The van der Waals surface area contributed by atoms with Crippen LogP contribution in [0.15, 0.2) is 0 Å². The van der Waals surface area contributed by atoms with Gasteiger partial charge in [-0.25, -0.2) is 4.68 Å². The molecule has 0 unspecified atom stereocenters. The van der Waals surface area contributed by atoms with Crippen molar-refractivity contribution in [1.82, 2.24) is 9.78 Å². The van der Waals surface area contributed by atoms with Gasteiger partial charge in [0.1, 0.15) is 5.82 Å². The van der Waals surface area contributed by atoms with Crippen LogP contribution < -0.4 is 5.73 Å². The Balaban J connectivity index is 2.96. The molecule has 0 aliphatic rings. The number of aryl methyl sites for hydroxylation is 1. The van der Waals surface area contributed by atoms with Gasteiger partial charge in [-0.05, 0) is 34.9 Å². The maximum absolute atomic E-state index is 6.08. The van der Waals surface area contributed by atoms with Crippen molar-refractivity contribution in [3.63, 3.8) is 0 Å². The highest BCUT2D eigenvalue weighted by Gasteiger charge is 2.24. The molecule has 1 heterocycles. The van der Waals surface area contributed by atoms with E-state index in [-0.39, 0.29) is 5.41 Å². The summed E-state index contributed by atoms with van der Waals surface area (Å²) in [6.07, 6.45) is 1.12. The van der Waals surface area contributed by atoms with E-state index < -0.39 is 0 Å². The monoisotopic (exact) mass is 335 g/mol. The van der Waals surface area contributed by atoms with Crippen LogP contribution in [0.4, 0.5) is 5.82 Å². The molecular formula is C12H22IN3. The Morgan fingerprint density at radius 2 is 1.94 bits per heavy atom. The number of halogens is 1. The van der Waals surface area contributed by atoms with Crippen LogP contribution in [0.5, 0.6) is 0 Å². The minimum absolute atomic E-state index is 0.0632. The quantitative estimate of drug-likeness (QED) is 0.861. The first-order chi connectivity index (χ1) is 7.23. The van der Waals surface area contributed by atoms with Crippen molar-refractivity contribution < 1.29 is 0 Å². The molecule has 3 nitrogen and oxygen atoms in total. The van der Waals surface area contributed by atoms with Gasteiger partial charge in [-0.3, -0.25) is 0 Å². The smallest absolute Gasteiger partial charge is 0.135 e. The standard InChI is InChI=1S/C12H22IN3/c1-8(2)6-7-16-11(14)9(13)10(15-16)12(3,4)5/h8H,6-7,14H2,1-5H3. The SMILES string of the molecule is CC(C)CCn1nc(C(C)(C)C)c(I)c1N. The average molecular weight is 335 g/mol. The molecule has 2 N–H and O–H groups in total. The number of hydrogen-bond acceptors (Lipinski definition) is 2. The lowest BCUT2D eigenvalue weighted by molar-refractivity contribution is 0.475. The number of anilines is 1. The van der Waals surface area contributed by atoms with Crippen molar-refractivity contribution in [3.05, 3.63) is 9.26 Å². The summed E-state index contributed by atoms with van der Waals surface area (Å²) < 4.78 is 3.05. The molecule has 1 aromatic heterocycles. The lowest BCUT2D eigenvalue weighted by Gasteiger charge is -2.15. The van der Waals surface area contributed by atoms with Crippen LogP contribution in [0.2, 0.25) is 0 Å². The zero-order valence-corrected chi connectivity index (χ0v) is 13.0. The first-order valence-electron chi connectivity index (χ1n) is 5.75. The van der Waals surface area contributed by atoms with Crippen molar-refractivity contribution in [3.8, 4) is 0 Å². The topological polar surface area (TPSA) is 43.8 Å². The molecule has 1 aromatic rings. The summed E-state index contributed by atoms with van der Waals surface area (Å²) >= 11 is 2.30. The molecule has 0 fully saturated rings. The van der Waals surface area contributed by atoms with Gasteiger partial charge >= 0.3 is 0 Å². The molecule has 0 aliphatic heterocycles. The molecule has 0 aromatic carbocycles. The minimum atomic E-state index is 0.0632. The lowest BCUT2D eigenvalue weighted by Crippen LogP contribution is -2.14. The Morgan fingerprint density at radius 1 is 1.38 bits per heavy atom. The van der Waals surface area contributed by atoms with Gasteiger partial charge in [0.2, 0.25) is 0 Å². The number of aromatic nitrogens is 2. The molecule has 0 atom stereocenters. The van der Waals surface area contributed by atoms with Crippen molar-refractivity contribution in [2.75, 3.05) is 5.73 Å². The molecule has 4 heteroatoms. The molecule has 0 amide bonds. The van der Waals surface area contributed by atoms with Crippen LogP contribution in [0.25, 0.3) is 0 Å². The van der Waals surface area contributed by atoms with E-state index >= 15 is 0 Å². The zero-order chi connectivity index (χ0) is 12.5. The minimum Gasteiger partial charge on any atom is -0.383 e. The second-order valence-corrected chi connectivity index (χ2v) is 6.78. The average Bonchev–Trinajstić information content (AvgIpc) is 2.40. The fraction of sp³-hybridized carbons (Fsp3) is 0.750. The lowest BCUT2D eigenvalue weighted by atomic mass is 9.92. The summed E-state index contributed by atoms with van der Waals surface area (Å²) in [6, 6.07) is 0. The van der Waals surface area contributed by atoms with E-state index in [1.165, 1.54) is 0 Å². The maximum atomic E-state index is 6.08. The highest BCUT2D eigenvalue weighted by Crippen LogP contribution is 2.29. The second kappa shape index (κ2) is 4.94. The third-order valence-electron chi connectivity index (χ3n) is 2.56. The predicted molar refractivity (Wildman–Crippen MR) is 77.5 cm³/mol. The van der Waals surface area contributed by atoms with Gasteiger partial charge in [0.05, 0.1) is 9.26 Å². The molecule has 16 heavy (non-hydrogen) atoms. The van der Waals surface area contributed by atoms with Gasteiger partial charge in [0.25, 0.3) is 0 Å². The van der Waals surface area contributed by atoms with Crippen molar-refractivity contribution >= 4 is 28.4 Å². The molecule has 0 bridgehead atoms. The molecule has 0 saturated carbocycles. The number of nitrogen functional groups attached to an aromatic ring is 1.